The highest BCUT2D eigenvalue weighted by atomic mass is 19.1. The van der Waals surface area contributed by atoms with Gasteiger partial charge in [0.15, 0.2) is 0 Å². The average Bonchev–Trinajstić information content (AvgIpc) is 2.42. The first-order valence-electron chi connectivity index (χ1n) is 6.93. The Labute approximate surface area is 119 Å². The Morgan fingerprint density at radius 3 is 2.40 bits per heavy atom. The minimum absolute atomic E-state index is 0.192. The quantitative estimate of drug-likeness (QED) is 0.846. The number of halogens is 1. The van der Waals surface area contributed by atoms with Crippen molar-refractivity contribution in [3.63, 3.8) is 0 Å². The van der Waals surface area contributed by atoms with Crippen LogP contribution in [0.25, 0.3) is 0 Å². The first-order valence-corrected chi connectivity index (χ1v) is 6.93. The standard InChI is InChI=1S/C17H20FNO/c1-2-19-16(11-13-6-8-17(20)9-7-13)12-14-4-3-5-15(18)10-14/h3-10,16,19-20H,2,11-12H2,1H3. The van der Waals surface area contributed by atoms with E-state index < -0.39 is 0 Å². The molecule has 0 aliphatic heterocycles. The second-order valence-electron chi connectivity index (χ2n) is 4.96. The highest BCUT2D eigenvalue weighted by molar-refractivity contribution is 5.27. The Bertz CT molecular complexity index is 539. The van der Waals surface area contributed by atoms with Gasteiger partial charge in [0.25, 0.3) is 0 Å². The van der Waals surface area contributed by atoms with E-state index >= 15 is 0 Å². The van der Waals surface area contributed by atoms with E-state index in [0.717, 1.165) is 30.5 Å². The molecule has 0 aliphatic carbocycles. The number of aromatic hydroxyl groups is 1. The van der Waals surface area contributed by atoms with E-state index in [1.54, 1.807) is 24.3 Å². The molecular formula is C17H20FNO. The van der Waals surface area contributed by atoms with Crippen LogP contribution in [-0.4, -0.2) is 17.7 Å². The van der Waals surface area contributed by atoms with E-state index in [9.17, 15) is 9.50 Å². The molecule has 0 aromatic heterocycles. The van der Waals surface area contributed by atoms with Crippen molar-refractivity contribution in [2.24, 2.45) is 0 Å². The first-order chi connectivity index (χ1) is 9.67. The summed E-state index contributed by atoms with van der Waals surface area (Å²) in [7, 11) is 0. The fourth-order valence-corrected chi connectivity index (χ4v) is 2.37. The number of rotatable bonds is 6. The second-order valence-corrected chi connectivity index (χ2v) is 4.96. The predicted octanol–water partition coefficient (Wildman–Crippen LogP) is 3.29. The van der Waals surface area contributed by atoms with Crippen LogP contribution < -0.4 is 5.32 Å². The molecule has 0 bridgehead atoms. The lowest BCUT2D eigenvalue weighted by molar-refractivity contribution is 0.474. The van der Waals surface area contributed by atoms with Gasteiger partial charge >= 0.3 is 0 Å². The van der Waals surface area contributed by atoms with E-state index in [1.165, 1.54) is 6.07 Å². The fourth-order valence-electron chi connectivity index (χ4n) is 2.37. The molecule has 106 valence electrons. The fraction of sp³-hybridized carbons (Fsp3) is 0.294. The zero-order valence-corrected chi connectivity index (χ0v) is 11.6. The molecule has 0 heterocycles. The Kier molecular flexibility index (Phi) is 5.13. The summed E-state index contributed by atoms with van der Waals surface area (Å²) in [5, 5.41) is 12.7. The van der Waals surface area contributed by atoms with Gasteiger partial charge < -0.3 is 10.4 Å². The Morgan fingerprint density at radius 1 is 1.05 bits per heavy atom. The van der Waals surface area contributed by atoms with Crippen molar-refractivity contribution in [3.8, 4) is 5.75 Å². The van der Waals surface area contributed by atoms with Crippen LogP contribution in [0.2, 0.25) is 0 Å². The summed E-state index contributed by atoms with van der Waals surface area (Å²) in [6.45, 7) is 2.94. The zero-order valence-electron chi connectivity index (χ0n) is 11.6. The molecule has 0 spiro atoms. The van der Waals surface area contributed by atoms with E-state index in [4.69, 9.17) is 0 Å². The summed E-state index contributed by atoms with van der Waals surface area (Å²) in [4.78, 5) is 0. The number of phenolic OH excluding ortho intramolecular Hbond substituents is 1. The van der Waals surface area contributed by atoms with Crippen LogP contribution in [0.1, 0.15) is 18.1 Å². The van der Waals surface area contributed by atoms with Gasteiger partial charge in [-0.15, -0.1) is 0 Å². The summed E-state index contributed by atoms with van der Waals surface area (Å²) in [5.74, 6) is 0.0845. The zero-order chi connectivity index (χ0) is 14.4. The van der Waals surface area contributed by atoms with E-state index in [2.05, 4.69) is 12.2 Å². The number of hydrogen-bond donors (Lipinski definition) is 2. The van der Waals surface area contributed by atoms with E-state index in [0.29, 0.717) is 0 Å². The summed E-state index contributed by atoms with van der Waals surface area (Å²) < 4.78 is 13.2. The second kappa shape index (κ2) is 7.06. The summed E-state index contributed by atoms with van der Waals surface area (Å²) in [5.41, 5.74) is 2.15. The summed E-state index contributed by atoms with van der Waals surface area (Å²) >= 11 is 0. The molecule has 0 aliphatic rings. The maximum atomic E-state index is 13.2. The van der Waals surface area contributed by atoms with Crippen LogP contribution in [0.3, 0.4) is 0 Å². The average molecular weight is 273 g/mol. The van der Waals surface area contributed by atoms with Crippen molar-refractivity contribution in [3.05, 3.63) is 65.5 Å². The largest absolute Gasteiger partial charge is 0.508 e. The molecule has 0 saturated carbocycles. The maximum absolute atomic E-state index is 13.2. The van der Waals surface area contributed by atoms with Crippen LogP contribution in [0.15, 0.2) is 48.5 Å². The van der Waals surface area contributed by atoms with E-state index in [1.807, 2.05) is 18.2 Å². The van der Waals surface area contributed by atoms with Gasteiger partial charge in [0, 0.05) is 6.04 Å². The van der Waals surface area contributed by atoms with Gasteiger partial charge in [-0.3, -0.25) is 0 Å². The third-order valence-electron chi connectivity index (χ3n) is 3.28. The number of benzene rings is 2. The molecular weight excluding hydrogens is 253 g/mol. The number of hydrogen-bond acceptors (Lipinski definition) is 2. The lowest BCUT2D eigenvalue weighted by Gasteiger charge is -2.18. The highest BCUT2D eigenvalue weighted by Gasteiger charge is 2.10. The normalized spacial score (nSPS) is 12.3. The molecule has 1 unspecified atom stereocenters. The molecule has 2 rings (SSSR count). The third kappa shape index (κ3) is 4.35. The molecule has 0 saturated heterocycles. The molecule has 2 nitrogen and oxygen atoms in total. The Balaban J connectivity index is 2.05. The smallest absolute Gasteiger partial charge is 0.123 e. The molecule has 3 heteroatoms. The van der Waals surface area contributed by atoms with Crippen molar-refractivity contribution >= 4 is 0 Å². The van der Waals surface area contributed by atoms with Gasteiger partial charge in [-0.2, -0.15) is 0 Å². The Hall–Kier alpha value is -1.87. The number of phenols is 1. The van der Waals surface area contributed by atoms with Gasteiger partial charge in [0.05, 0.1) is 0 Å². The monoisotopic (exact) mass is 273 g/mol. The minimum atomic E-state index is -0.192. The van der Waals surface area contributed by atoms with Crippen molar-refractivity contribution in [1.29, 1.82) is 0 Å². The molecule has 0 fully saturated rings. The highest BCUT2D eigenvalue weighted by Crippen LogP contribution is 2.14. The predicted molar refractivity (Wildman–Crippen MR) is 79.4 cm³/mol. The van der Waals surface area contributed by atoms with Gasteiger partial charge in [-0.1, -0.05) is 31.2 Å². The molecule has 2 aromatic rings. The molecule has 20 heavy (non-hydrogen) atoms. The van der Waals surface area contributed by atoms with Crippen LogP contribution in [0, 0.1) is 5.82 Å². The van der Waals surface area contributed by atoms with Crippen LogP contribution in [-0.2, 0) is 12.8 Å². The molecule has 2 N–H and O–H groups in total. The number of nitrogens with one attached hydrogen (secondary N) is 1. The lowest BCUT2D eigenvalue weighted by atomic mass is 9.99. The molecule has 2 aromatic carbocycles. The van der Waals surface area contributed by atoms with Crippen molar-refractivity contribution in [2.45, 2.75) is 25.8 Å². The first kappa shape index (κ1) is 14.5. The summed E-state index contributed by atoms with van der Waals surface area (Å²) in [6, 6.07) is 14.2. The van der Waals surface area contributed by atoms with Gasteiger partial charge in [-0.05, 0) is 54.8 Å². The van der Waals surface area contributed by atoms with Crippen molar-refractivity contribution < 1.29 is 9.50 Å². The maximum Gasteiger partial charge on any atom is 0.123 e. The molecule has 0 amide bonds. The van der Waals surface area contributed by atoms with Gasteiger partial charge in [0.2, 0.25) is 0 Å². The topological polar surface area (TPSA) is 32.3 Å². The van der Waals surface area contributed by atoms with E-state index in [-0.39, 0.29) is 17.6 Å². The van der Waals surface area contributed by atoms with Crippen molar-refractivity contribution in [1.82, 2.24) is 5.32 Å². The molecule has 1 atom stereocenters. The van der Waals surface area contributed by atoms with Crippen molar-refractivity contribution in [2.75, 3.05) is 6.54 Å². The minimum Gasteiger partial charge on any atom is -0.508 e. The third-order valence-corrected chi connectivity index (χ3v) is 3.28. The lowest BCUT2D eigenvalue weighted by Crippen LogP contribution is -2.33. The summed E-state index contributed by atoms with van der Waals surface area (Å²) in [6.07, 6.45) is 1.64. The van der Waals surface area contributed by atoms with Crippen LogP contribution >= 0.6 is 0 Å². The Morgan fingerprint density at radius 2 is 1.75 bits per heavy atom. The van der Waals surface area contributed by atoms with Crippen LogP contribution in [0.5, 0.6) is 5.75 Å². The SMILES string of the molecule is CCNC(Cc1ccc(O)cc1)Cc1cccc(F)c1. The molecule has 0 radical (unpaired) electrons. The van der Waals surface area contributed by atoms with Crippen LogP contribution in [0.4, 0.5) is 4.39 Å². The number of likely N-dealkylation sites (N-methyl/N-ethyl adjacent to an activating group) is 1. The van der Waals surface area contributed by atoms with Gasteiger partial charge in [-0.25, -0.2) is 4.39 Å². The van der Waals surface area contributed by atoms with Gasteiger partial charge in [0.1, 0.15) is 11.6 Å².